The molecular formula is C16H14N4O5. The molecule has 0 saturated heterocycles. The number of fused-ring (bicyclic) bond motifs is 1. The van der Waals surface area contributed by atoms with Gasteiger partial charge in [-0.2, -0.15) is 5.10 Å². The third-order valence-electron chi connectivity index (χ3n) is 3.42. The van der Waals surface area contributed by atoms with E-state index in [0.717, 1.165) is 0 Å². The van der Waals surface area contributed by atoms with Crippen molar-refractivity contribution in [3.63, 3.8) is 0 Å². The smallest absolute Gasteiger partial charge is 0.360 e. The Kier molecular flexibility index (Phi) is 4.29. The summed E-state index contributed by atoms with van der Waals surface area (Å²) >= 11 is 0. The summed E-state index contributed by atoms with van der Waals surface area (Å²) in [6.45, 7) is 3.09. The Morgan fingerprint density at radius 1 is 1.28 bits per heavy atom. The number of nitrogens with zero attached hydrogens (tertiary/aromatic N) is 2. The lowest BCUT2D eigenvalue weighted by molar-refractivity contribution is -0.123. The summed E-state index contributed by atoms with van der Waals surface area (Å²) in [6.07, 6.45) is -1.10. The molecule has 3 aromatic rings. The summed E-state index contributed by atoms with van der Waals surface area (Å²) < 4.78 is 9.97. The van der Waals surface area contributed by atoms with Gasteiger partial charge < -0.3 is 14.6 Å². The number of H-pyrrole nitrogens is 1. The number of aromatic amines is 1. The van der Waals surface area contributed by atoms with Crippen LogP contribution in [0.2, 0.25) is 0 Å². The number of esters is 1. The van der Waals surface area contributed by atoms with Crippen LogP contribution >= 0.6 is 0 Å². The highest BCUT2D eigenvalue weighted by molar-refractivity contribution is 6.03. The summed E-state index contributed by atoms with van der Waals surface area (Å²) in [6, 6.07) is 8.02. The van der Waals surface area contributed by atoms with E-state index in [1.54, 1.807) is 31.2 Å². The minimum atomic E-state index is -1.10. The average molecular weight is 342 g/mol. The topological polar surface area (TPSA) is 127 Å². The molecule has 3 rings (SSSR count). The Morgan fingerprint density at radius 2 is 2.00 bits per heavy atom. The van der Waals surface area contributed by atoms with Crippen LogP contribution in [0.15, 0.2) is 39.6 Å². The van der Waals surface area contributed by atoms with E-state index in [-0.39, 0.29) is 11.5 Å². The number of hydrogen-bond donors (Lipinski definition) is 2. The van der Waals surface area contributed by atoms with Gasteiger partial charge in [0.15, 0.2) is 17.6 Å². The second-order valence-corrected chi connectivity index (χ2v) is 5.31. The zero-order chi connectivity index (χ0) is 18.0. The van der Waals surface area contributed by atoms with Gasteiger partial charge in [0.05, 0.1) is 5.39 Å². The summed E-state index contributed by atoms with van der Waals surface area (Å²) in [5, 5.41) is 12.7. The lowest BCUT2D eigenvalue weighted by Gasteiger charge is -2.12. The largest absolute Gasteiger partial charge is 0.448 e. The molecule has 9 heteroatoms. The van der Waals surface area contributed by atoms with Gasteiger partial charge in [0, 0.05) is 11.5 Å². The molecule has 0 unspecified atom stereocenters. The number of carbonyl (C=O) groups is 2. The Morgan fingerprint density at radius 3 is 2.68 bits per heavy atom. The quantitative estimate of drug-likeness (QED) is 0.686. The van der Waals surface area contributed by atoms with Gasteiger partial charge in [-0.15, -0.1) is 0 Å². The van der Waals surface area contributed by atoms with Crippen molar-refractivity contribution in [1.82, 2.24) is 15.4 Å². The number of rotatable bonds is 4. The first-order chi connectivity index (χ1) is 12.0. The number of benzene rings is 1. The van der Waals surface area contributed by atoms with E-state index in [9.17, 15) is 14.4 Å². The summed E-state index contributed by atoms with van der Waals surface area (Å²) in [5.41, 5.74) is -0.494. The van der Waals surface area contributed by atoms with Crippen LogP contribution in [0.5, 0.6) is 0 Å². The molecule has 25 heavy (non-hydrogen) atoms. The number of aromatic nitrogens is 3. The van der Waals surface area contributed by atoms with Crippen LogP contribution in [0.4, 0.5) is 5.82 Å². The first-order valence-electron chi connectivity index (χ1n) is 7.38. The lowest BCUT2D eigenvalue weighted by Crippen LogP contribution is -2.30. The fourth-order valence-corrected chi connectivity index (χ4v) is 2.19. The fourth-order valence-electron chi connectivity index (χ4n) is 2.19. The zero-order valence-electron chi connectivity index (χ0n) is 13.4. The van der Waals surface area contributed by atoms with Gasteiger partial charge in [0.2, 0.25) is 0 Å². The van der Waals surface area contributed by atoms with E-state index < -0.39 is 23.5 Å². The molecule has 1 amide bonds. The van der Waals surface area contributed by atoms with Crippen molar-refractivity contribution in [3.05, 3.63) is 52.1 Å². The highest BCUT2D eigenvalue weighted by atomic mass is 16.5. The number of aryl methyl sites for hydroxylation is 1. The average Bonchev–Trinajstić information content (AvgIpc) is 3.00. The maximum Gasteiger partial charge on any atom is 0.360 e. The van der Waals surface area contributed by atoms with Crippen molar-refractivity contribution in [1.29, 1.82) is 0 Å². The van der Waals surface area contributed by atoms with Crippen LogP contribution in [0.3, 0.4) is 0 Å². The molecule has 0 radical (unpaired) electrons. The molecular weight excluding hydrogens is 328 g/mol. The van der Waals surface area contributed by atoms with Crippen molar-refractivity contribution in [2.45, 2.75) is 20.0 Å². The number of ether oxygens (including phenoxy) is 1. The fraction of sp³-hybridized carbons (Fsp3) is 0.188. The molecule has 2 aromatic heterocycles. The van der Waals surface area contributed by atoms with E-state index in [0.29, 0.717) is 16.5 Å². The number of carbonyl (C=O) groups excluding carboxylic acids is 2. The van der Waals surface area contributed by atoms with Crippen LogP contribution < -0.4 is 10.9 Å². The van der Waals surface area contributed by atoms with E-state index in [1.165, 1.54) is 13.0 Å². The van der Waals surface area contributed by atoms with Gasteiger partial charge in [-0.05, 0) is 19.9 Å². The summed E-state index contributed by atoms with van der Waals surface area (Å²) in [4.78, 5) is 36.1. The number of anilines is 1. The van der Waals surface area contributed by atoms with Gasteiger partial charge in [0.25, 0.3) is 11.5 Å². The number of amides is 1. The van der Waals surface area contributed by atoms with Crippen LogP contribution in [-0.4, -0.2) is 33.3 Å². The molecule has 0 fully saturated rings. The van der Waals surface area contributed by atoms with Gasteiger partial charge in [-0.3, -0.25) is 9.59 Å². The summed E-state index contributed by atoms with van der Waals surface area (Å²) in [7, 11) is 0. The van der Waals surface area contributed by atoms with Crippen LogP contribution in [0.1, 0.15) is 23.2 Å². The predicted octanol–water partition coefficient (Wildman–Crippen LogP) is 1.40. The maximum atomic E-state index is 12.3. The Bertz CT molecular complexity index is 1010. The molecule has 0 aliphatic heterocycles. The molecule has 9 nitrogen and oxygen atoms in total. The molecule has 1 aromatic carbocycles. The first kappa shape index (κ1) is 16.4. The standard InChI is InChI=1S/C16H14N4O5/c1-8-7-12(20-25-8)17-14(21)9(2)24-16(23)13-10-5-3-4-6-11(10)15(22)19-18-13/h3-7,9H,1-2H3,(H,19,22)(H,17,20,21)/t9-/m0/s1. The van der Waals surface area contributed by atoms with Gasteiger partial charge >= 0.3 is 5.97 Å². The van der Waals surface area contributed by atoms with Crippen molar-refractivity contribution in [3.8, 4) is 0 Å². The van der Waals surface area contributed by atoms with Crippen LogP contribution in [0.25, 0.3) is 10.8 Å². The molecule has 2 heterocycles. The zero-order valence-corrected chi connectivity index (χ0v) is 13.4. The first-order valence-corrected chi connectivity index (χ1v) is 7.38. The number of nitrogens with one attached hydrogen (secondary N) is 2. The van der Waals surface area contributed by atoms with E-state index in [2.05, 4.69) is 20.7 Å². The second-order valence-electron chi connectivity index (χ2n) is 5.31. The van der Waals surface area contributed by atoms with Crippen molar-refractivity contribution in [2.24, 2.45) is 0 Å². The molecule has 0 aliphatic carbocycles. The van der Waals surface area contributed by atoms with Gasteiger partial charge in [0.1, 0.15) is 5.76 Å². The predicted molar refractivity (Wildman–Crippen MR) is 87.1 cm³/mol. The van der Waals surface area contributed by atoms with Crippen LogP contribution in [-0.2, 0) is 9.53 Å². The minimum Gasteiger partial charge on any atom is -0.448 e. The third-order valence-corrected chi connectivity index (χ3v) is 3.42. The molecule has 128 valence electrons. The molecule has 0 saturated carbocycles. The van der Waals surface area contributed by atoms with Crippen molar-refractivity contribution >= 4 is 28.5 Å². The van der Waals surface area contributed by atoms with E-state index in [1.807, 2.05) is 0 Å². The Balaban J connectivity index is 1.77. The molecule has 0 spiro atoms. The Hall–Kier alpha value is -3.49. The van der Waals surface area contributed by atoms with Crippen molar-refractivity contribution in [2.75, 3.05) is 5.32 Å². The molecule has 0 aliphatic rings. The highest BCUT2D eigenvalue weighted by Gasteiger charge is 2.22. The van der Waals surface area contributed by atoms with Gasteiger partial charge in [-0.1, -0.05) is 23.4 Å². The van der Waals surface area contributed by atoms with Crippen LogP contribution in [0, 0.1) is 6.92 Å². The van der Waals surface area contributed by atoms with E-state index >= 15 is 0 Å². The molecule has 0 bridgehead atoms. The number of hydrogen-bond acceptors (Lipinski definition) is 7. The monoisotopic (exact) mass is 342 g/mol. The normalized spacial score (nSPS) is 11.9. The molecule has 1 atom stereocenters. The minimum absolute atomic E-state index is 0.0767. The maximum absolute atomic E-state index is 12.3. The third kappa shape index (κ3) is 3.39. The lowest BCUT2D eigenvalue weighted by atomic mass is 10.1. The van der Waals surface area contributed by atoms with E-state index in [4.69, 9.17) is 9.26 Å². The Labute approximate surface area is 141 Å². The second kappa shape index (κ2) is 6.56. The van der Waals surface area contributed by atoms with Gasteiger partial charge in [-0.25, -0.2) is 9.89 Å². The SMILES string of the molecule is Cc1cc(NC(=O)[C@H](C)OC(=O)c2n[nH]c(=O)c3ccccc23)no1. The van der Waals surface area contributed by atoms with Crippen molar-refractivity contribution < 1.29 is 18.8 Å². The molecule has 2 N–H and O–H groups in total. The summed E-state index contributed by atoms with van der Waals surface area (Å²) in [5.74, 6) is -0.649. The highest BCUT2D eigenvalue weighted by Crippen LogP contribution is 2.14.